The van der Waals surface area contributed by atoms with Gasteiger partial charge in [0.25, 0.3) is 0 Å². The van der Waals surface area contributed by atoms with E-state index in [0.29, 0.717) is 5.92 Å². The first-order chi connectivity index (χ1) is 8.83. The fourth-order valence-corrected chi connectivity index (χ4v) is 2.46. The van der Waals surface area contributed by atoms with Crippen molar-refractivity contribution < 1.29 is 0 Å². The van der Waals surface area contributed by atoms with E-state index in [1.807, 2.05) is 0 Å². The average Bonchev–Trinajstić information content (AvgIpc) is 2.43. The zero-order valence-electron chi connectivity index (χ0n) is 11.4. The molecule has 2 aromatic rings. The topological polar surface area (TPSA) is 12.0 Å². The highest BCUT2D eigenvalue weighted by Crippen LogP contribution is 2.27. The summed E-state index contributed by atoms with van der Waals surface area (Å²) in [6.45, 7) is 6.77. The second-order valence-electron chi connectivity index (χ2n) is 5.01. The van der Waals surface area contributed by atoms with Gasteiger partial charge < -0.3 is 5.32 Å². The standard InChI is InChI=1S/C17H23N/c1-3-12-18-13-11-14(2)16-10-6-8-15-7-4-5-9-17(15)16/h4-10,14,18H,3,11-13H2,1-2H3. The van der Waals surface area contributed by atoms with Crippen molar-refractivity contribution in [3.05, 3.63) is 48.0 Å². The van der Waals surface area contributed by atoms with Crippen molar-refractivity contribution in [3.8, 4) is 0 Å². The molecule has 0 heterocycles. The SMILES string of the molecule is CCCNCCC(C)c1cccc2ccccc12. The second-order valence-corrected chi connectivity index (χ2v) is 5.01. The fraction of sp³-hybridized carbons (Fsp3) is 0.412. The summed E-state index contributed by atoms with van der Waals surface area (Å²) in [5, 5.41) is 6.24. The number of benzene rings is 2. The molecule has 1 unspecified atom stereocenters. The Morgan fingerprint density at radius 1 is 1.00 bits per heavy atom. The van der Waals surface area contributed by atoms with Crippen molar-refractivity contribution in [2.45, 2.75) is 32.6 Å². The Balaban J connectivity index is 2.10. The van der Waals surface area contributed by atoms with Gasteiger partial charge in [-0.2, -0.15) is 0 Å². The summed E-state index contributed by atoms with van der Waals surface area (Å²) in [6.07, 6.45) is 2.41. The molecule has 0 spiro atoms. The van der Waals surface area contributed by atoms with Crippen molar-refractivity contribution in [2.75, 3.05) is 13.1 Å². The molecule has 0 fully saturated rings. The Labute approximate surface area is 110 Å². The van der Waals surface area contributed by atoms with Crippen LogP contribution in [0.3, 0.4) is 0 Å². The van der Waals surface area contributed by atoms with Gasteiger partial charge in [0.15, 0.2) is 0 Å². The molecule has 1 heteroatoms. The number of fused-ring (bicyclic) bond motifs is 1. The Bertz CT molecular complexity index is 484. The highest BCUT2D eigenvalue weighted by molar-refractivity contribution is 5.86. The van der Waals surface area contributed by atoms with E-state index in [0.717, 1.165) is 13.1 Å². The first kappa shape index (κ1) is 13.1. The smallest absolute Gasteiger partial charge is 0.00432 e. The van der Waals surface area contributed by atoms with Crippen LogP contribution in [0.5, 0.6) is 0 Å². The van der Waals surface area contributed by atoms with Crippen molar-refractivity contribution in [1.82, 2.24) is 5.32 Å². The van der Waals surface area contributed by atoms with Gasteiger partial charge in [0, 0.05) is 0 Å². The van der Waals surface area contributed by atoms with Crippen LogP contribution in [-0.2, 0) is 0 Å². The molecule has 0 amide bonds. The van der Waals surface area contributed by atoms with Gasteiger partial charge in [0.1, 0.15) is 0 Å². The van der Waals surface area contributed by atoms with Gasteiger partial charge in [-0.3, -0.25) is 0 Å². The zero-order chi connectivity index (χ0) is 12.8. The maximum atomic E-state index is 3.48. The van der Waals surface area contributed by atoms with Gasteiger partial charge in [0.2, 0.25) is 0 Å². The molecule has 1 nitrogen and oxygen atoms in total. The summed E-state index contributed by atoms with van der Waals surface area (Å²) in [6, 6.07) is 15.3. The van der Waals surface area contributed by atoms with Crippen LogP contribution in [0.15, 0.2) is 42.5 Å². The summed E-state index contributed by atoms with van der Waals surface area (Å²) in [5.41, 5.74) is 1.48. The maximum absolute atomic E-state index is 3.48. The van der Waals surface area contributed by atoms with E-state index < -0.39 is 0 Å². The van der Waals surface area contributed by atoms with E-state index in [2.05, 4.69) is 61.6 Å². The third kappa shape index (κ3) is 3.11. The zero-order valence-corrected chi connectivity index (χ0v) is 11.4. The number of hydrogen-bond donors (Lipinski definition) is 1. The van der Waals surface area contributed by atoms with Gasteiger partial charge in [-0.05, 0) is 48.2 Å². The quantitative estimate of drug-likeness (QED) is 0.742. The van der Waals surface area contributed by atoms with Crippen molar-refractivity contribution in [1.29, 1.82) is 0 Å². The van der Waals surface area contributed by atoms with Gasteiger partial charge in [-0.15, -0.1) is 0 Å². The minimum atomic E-state index is 0.612. The minimum absolute atomic E-state index is 0.612. The largest absolute Gasteiger partial charge is 0.317 e. The molecule has 0 saturated carbocycles. The van der Waals surface area contributed by atoms with E-state index in [9.17, 15) is 0 Å². The molecule has 1 atom stereocenters. The molecule has 1 N–H and O–H groups in total. The van der Waals surface area contributed by atoms with Crippen LogP contribution in [0, 0.1) is 0 Å². The van der Waals surface area contributed by atoms with Crippen LogP contribution < -0.4 is 5.32 Å². The van der Waals surface area contributed by atoms with Gasteiger partial charge in [-0.1, -0.05) is 56.3 Å². The van der Waals surface area contributed by atoms with Crippen molar-refractivity contribution in [3.63, 3.8) is 0 Å². The molecule has 0 aliphatic carbocycles. The monoisotopic (exact) mass is 241 g/mol. The summed E-state index contributed by atoms with van der Waals surface area (Å²) in [5.74, 6) is 0.612. The third-order valence-corrected chi connectivity index (χ3v) is 3.54. The highest BCUT2D eigenvalue weighted by Gasteiger charge is 2.08. The molecule has 0 aliphatic rings. The predicted octanol–water partition coefficient (Wildman–Crippen LogP) is 4.33. The van der Waals surface area contributed by atoms with Crippen LogP contribution in [0.4, 0.5) is 0 Å². The molecular weight excluding hydrogens is 218 g/mol. The van der Waals surface area contributed by atoms with Gasteiger partial charge in [-0.25, -0.2) is 0 Å². The predicted molar refractivity (Wildman–Crippen MR) is 80.1 cm³/mol. The fourth-order valence-electron chi connectivity index (χ4n) is 2.46. The molecule has 0 saturated heterocycles. The van der Waals surface area contributed by atoms with Crippen LogP contribution in [0.1, 0.15) is 38.2 Å². The average molecular weight is 241 g/mol. The van der Waals surface area contributed by atoms with Crippen molar-refractivity contribution >= 4 is 10.8 Å². The molecule has 2 aromatic carbocycles. The van der Waals surface area contributed by atoms with Crippen LogP contribution in [0.2, 0.25) is 0 Å². The number of hydrogen-bond acceptors (Lipinski definition) is 1. The van der Waals surface area contributed by atoms with Crippen molar-refractivity contribution in [2.24, 2.45) is 0 Å². The van der Waals surface area contributed by atoms with Gasteiger partial charge in [0.05, 0.1) is 0 Å². The lowest BCUT2D eigenvalue weighted by molar-refractivity contribution is 0.593. The maximum Gasteiger partial charge on any atom is -0.00432 e. The lowest BCUT2D eigenvalue weighted by Gasteiger charge is -2.15. The first-order valence-corrected chi connectivity index (χ1v) is 7.01. The van der Waals surface area contributed by atoms with E-state index in [4.69, 9.17) is 0 Å². The highest BCUT2D eigenvalue weighted by atomic mass is 14.8. The Hall–Kier alpha value is -1.34. The third-order valence-electron chi connectivity index (χ3n) is 3.54. The van der Waals surface area contributed by atoms with E-state index in [-0.39, 0.29) is 0 Å². The number of rotatable bonds is 6. The summed E-state index contributed by atoms with van der Waals surface area (Å²) in [4.78, 5) is 0. The number of nitrogens with one attached hydrogen (secondary N) is 1. The van der Waals surface area contributed by atoms with E-state index >= 15 is 0 Å². The summed E-state index contributed by atoms with van der Waals surface area (Å²) >= 11 is 0. The molecule has 2 rings (SSSR count). The molecule has 0 aliphatic heterocycles. The first-order valence-electron chi connectivity index (χ1n) is 7.01. The molecule has 0 radical (unpaired) electrons. The summed E-state index contributed by atoms with van der Waals surface area (Å²) < 4.78 is 0. The van der Waals surface area contributed by atoms with Crippen LogP contribution in [-0.4, -0.2) is 13.1 Å². The Kier molecular flexibility index (Phi) is 4.77. The Morgan fingerprint density at radius 3 is 2.61 bits per heavy atom. The van der Waals surface area contributed by atoms with Crippen LogP contribution >= 0.6 is 0 Å². The molecule has 96 valence electrons. The molecule has 0 aromatic heterocycles. The van der Waals surface area contributed by atoms with E-state index in [1.165, 1.54) is 29.2 Å². The molecular formula is C17H23N. The second kappa shape index (κ2) is 6.55. The Morgan fingerprint density at radius 2 is 1.78 bits per heavy atom. The molecule has 0 bridgehead atoms. The lowest BCUT2D eigenvalue weighted by atomic mass is 9.92. The summed E-state index contributed by atoms with van der Waals surface area (Å²) in [7, 11) is 0. The van der Waals surface area contributed by atoms with Gasteiger partial charge >= 0.3 is 0 Å². The van der Waals surface area contributed by atoms with E-state index in [1.54, 1.807) is 0 Å². The molecule has 18 heavy (non-hydrogen) atoms. The minimum Gasteiger partial charge on any atom is -0.317 e. The normalized spacial score (nSPS) is 12.8. The van der Waals surface area contributed by atoms with Crippen LogP contribution in [0.25, 0.3) is 10.8 Å². The lowest BCUT2D eigenvalue weighted by Crippen LogP contribution is -2.17.